The summed E-state index contributed by atoms with van der Waals surface area (Å²) in [5.41, 5.74) is 0.902. The van der Waals surface area contributed by atoms with Crippen molar-refractivity contribution >= 4 is 23.5 Å². The number of esters is 2. The third-order valence-corrected chi connectivity index (χ3v) is 5.74. The molecule has 0 atom stereocenters. The number of hydrogen-bond acceptors (Lipinski definition) is 6. The molecule has 0 aromatic heterocycles. The number of carbonyl (C=O) groups is 3. The minimum absolute atomic E-state index is 0.0180. The molecule has 0 radical (unpaired) electrons. The van der Waals surface area contributed by atoms with Gasteiger partial charge in [0, 0.05) is 12.2 Å². The molecule has 1 aliphatic heterocycles. The van der Waals surface area contributed by atoms with Gasteiger partial charge in [0.2, 0.25) is 0 Å². The Hall–Kier alpha value is -3.35. The summed E-state index contributed by atoms with van der Waals surface area (Å²) in [6.07, 6.45) is 14.2. The number of anilines is 1. The Morgan fingerprint density at radius 3 is 2.25 bits per heavy atom. The summed E-state index contributed by atoms with van der Waals surface area (Å²) >= 11 is 0. The van der Waals surface area contributed by atoms with Gasteiger partial charge in [-0.05, 0) is 37.1 Å². The highest BCUT2D eigenvalue weighted by atomic mass is 16.5. The first kappa shape index (κ1) is 23.3. The lowest BCUT2D eigenvalue weighted by Gasteiger charge is -2.26. The molecule has 0 spiro atoms. The summed E-state index contributed by atoms with van der Waals surface area (Å²) in [5.74, 6) is -1.59. The van der Waals surface area contributed by atoms with Crippen LogP contribution in [0.3, 0.4) is 0 Å². The predicted molar refractivity (Wildman–Crippen MR) is 122 cm³/mol. The van der Waals surface area contributed by atoms with E-state index in [0.717, 1.165) is 25.7 Å². The topological polar surface area (TPSA) is 84.9 Å². The molecule has 7 heteroatoms. The van der Waals surface area contributed by atoms with Gasteiger partial charge in [0.05, 0.1) is 31.0 Å². The Morgan fingerprint density at radius 1 is 0.906 bits per heavy atom. The maximum absolute atomic E-state index is 13.3. The molecule has 170 valence electrons. The van der Waals surface area contributed by atoms with Crippen LogP contribution in [0.2, 0.25) is 0 Å². The van der Waals surface area contributed by atoms with Crippen LogP contribution in [-0.4, -0.2) is 38.1 Å². The molecule has 1 N–H and O–H groups in total. The summed E-state index contributed by atoms with van der Waals surface area (Å²) in [6.45, 7) is 0. The molecule has 1 saturated carbocycles. The minimum Gasteiger partial charge on any atom is -0.465 e. The molecule has 0 saturated heterocycles. The number of nitrogens with one attached hydrogen (secondary N) is 1. The average Bonchev–Trinajstić information content (AvgIpc) is 3.02. The summed E-state index contributed by atoms with van der Waals surface area (Å²) in [7, 11) is 2.49. The molecule has 32 heavy (non-hydrogen) atoms. The van der Waals surface area contributed by atoms with E-state index < -0.39 is 11.9 Å². The number of ether oxygens (including phenoxy) is 2. The fourth-order valence-corrected chi connectivity index (χ4v) is 4.09. The summed E-state index contributed by atoms with van der Waals surface area (Å²) in [5, 5.41) is 3.17. The molecule has 7 nitrogen and oxygen atoms in total. The molecule has 1 heterocycles. The zero-order valence-corrected chi connectivity index (χ0v) is 18.6. The second kappa shape index (κ2) is 11.3. The molecule has 1 aliphatic carbocycles. The van der Waals surface area contributed by atoms with E-state index in [9.17, 15) is 14.4 Å². The molecule has 0 bridgehead atoms. The van der Waals surface area contributed by atoms with E-state index in [1.54, 1.807) is 42.6 Å². The summed E-state index contributed by atoms with van der Waals surface area (Å²) < 4.78 is 9.82. The quantitative estimate of drug-likeness (QED) is 0.699. The highest BCUT2D eigenvalue weighted by Crippen LogP contribution is 2.29. The van der Waals surface area contributed by atoms with Crippen LogP contribution in [0.15, 0.2) is 60.0 Å². The van der Waals surface area contributed by atoms with Gasteiger partial charge in [0.1, 0.15) is 5.70 Å². The predicted octanol–water partition coefficient (Wildman–Crippen LogP) is 4.02. The van der Waals surface area contributed by atoms with Crippen molar-refractivity contribution in [2.24, 2.45) is 0 Å². The Kier molecular flexibility index (Phi) is 8.25. The highest BCUT2D eigenvalue weighted by molar-refractivity contribution is 6.07. The van der Waals surface area contributed by atoms with Gasteiger partial charge in [0.25, 0.3) is 5.91 Å². The van der Waals surface area contributed by atoms with E-state index in [1.165, 1.54) is 44.5 Å². The standard InChI is InChI=1S/C25H30N2O5/c1-31-24(29)20-15-10-11-17-27(22(20)25(30)32-2)21-16-9-8-14-19(21)23(28)26-18-12-6-4-3-5-7-13-18/h8-11,14-18H,3-7,12-13H2,1-2H3,(H,26,28). The number of hydrogen-bond donors (Lipinski definition) is 1. The van der Waals surface area contributed by atoms with Crippen molar-refractivity contribution in [1.82, 2.24) is 5.32 Å². The molecule has 0 unspecified atom stereocenters. The second-order valence-corrected chi connectivity index (χ2v) is 7.85. The minimum atomic E-state index is -0.711. The lowest BCUT2D eigenvalue weighted by Crippen LogP contribution is -2.36. The zero-order chi connectivity index (χ0) is 22.9. The van der Waals surface area contributed by atoms with Crippen molar-refractivity contribution in [3.8, 4) is 0 Å². The monoisotopic (exact) mass is 438 g/mol. The smallest absolute Gasteiger partial charge is 0.355 e. The number of nitrogens with zero attached hydrogens (tertiary/aromatic N) is 1. The van der Waals surface area contributed by atoms with Gasteiger partial charge in [0.15, 0.2) is 0 Å². The van der Waals surface area contributed by atoms with Crippen molar-refractivity contribution in [1.29, 1.82) is 0 Å². The Balaban J connectivity index is 1.98. The van der Waals surface area contributed by atoms with Gasteiger partial charge in [-0.2, -0.15) is 0 Å². The number of allylic oxidation sites excluding steroid dienone is 2. The van der Waals surface area contributed by atoms with Crippen LogP contribution in [0, 0.1) is 0 Å². The van der Waals surface area contributed by atoms with E-state index in [-0.39, 0.29) is 23.2 Å². The first-order valence-corrected chi connectivity index (χ1v) is 11.0. The summed E-state index contributed by atoms with van der Waals surface area (Å²) in [6, 6.07) is 7.13. The molecular weight excluding hydrogens is 408 g/mol. The van der Waals surface area contributed by atoms with E-state index in [2.05, 4.69) is 5.32 Å². The van der Waals surface area contributed by atoms with Crippen molar-refractivity contribution in [3.05, 3.63) is 65.5 Å². The van der Waals surface area contributed by atoms with Crippen LogP contribution in [0.4, 0.5) is 5.69 Å². The van der Waals surface area contributed by atoms with E-state index >= 15 is 0 Å². The van der Waals surface area contributed by atoms with E-state index in [0.29, 0.717) is 11.3 Å². The van der Waals surface area contributed by atoms with Crippen molar-refractivity contribution in [3.63, 3.8) is 0 Å². The molecule has 1 aromatic rings. The van der Waals surface area contributed by atoms with Gasteiger partial charge in [-0.15, -0.1) is 0 Å². The van der Waals surface area contributed by atoms with E-state index in [1.807, 2.05) is 0 Å². The third-order valence-electron chi connectivity index (χ3n) is 5.74. The van der Waals surface area contributed by atoms with Crippen LogP contribution in [0.5, 0.6) is 0 Å². The van der Waals surface area contributed by atoms with Gasteiger partial charge < -0.3 is 19.7 Å². The maximum atomic E-state index is 13.3. The molecule has 2 aliphatic rings. The second-order valence-electron chi connectivity index (χ2n) is 7.85. The average molecular weight is 439 g/mol. The number of carbonyl (C=O) groups excluding carboxylic acids is 3. The number of amides is 1. The normalized spacial score (nSPS) is 17.2. The summed E-state index contributed by atoms with van der Waals surface area (Å²) in [4.78, 5) is 39.9. The Morgan fingerprint density at radius 2 is 1.56 bits per heavy atom. The van der Waals surface area contributed by atoms with Crippen LogP contribution in [0.25, 0.3) is 0 Å². The molecular formula is C25H30N2O5. The zero-order valence-electron chi connectivity index (χ0n) is 18.6. The lowest BCUT2D eigenvalue weighted by molar-refractivity contribution is -0.139. The lowest BCUT2D eigenvalue weighted by atomic mass is 9.96. The molecule has 1 amide bonds. The van der Waals surface area contributed by atoms with Gasteiger partial charge >= 0.3 is 11.9 Å². The maximum Gasteiger partial charge on any atom is 0.355 e. The first-order chi connectivity index (χ1) is 15.6. The fraction of sp³-hybridized carbons (Fsp3) is 0.400. The number of para-hydroxylation sites is 1. The number of rotatable bonds is 5. The Bertz CT molecular complexity index is 939. The molecule has 3 rings (SSSR count). The van der Waals surface area contributed by atoms with Crippen molar-refractivity contribution in [2.45, 2.75) is 51.0 Å². The van der Waals surface area contributed by atoms with Crippen molar-refractivity contribution < 1.29 is 23.9 Å². The number of methoxy groups -OCH3 is 2. The highest BCUT2D eigenvalue weighted by Gasteiger charge is 2.29. The largest absolute Gasteiger partial charge is 0.465 e. The fourth-order valence-electron chi connectivity index (χ4n) is 4.09. The molecule has 1 fully saturated rings. The first-order valence-electron chi connectivity index (χ1n) is 11.0. The van der Waals surface area contributed by atoms with Crippen LogP contribution in [0.1, 0.15) is 55.3 Å². The Labute approximate surface area is 188 Å². The molecule has 1 aromatic carbocycles. The third kappa shape index (κ3) is 5.46. The van der Waals surface area contributed by atoms with Crippen molar-refractivity contribution in [2.75, 3.05) is 19.1 Å². The van der Waals surface area contributed by atoms with Crippen LogP contribution >= 0.6 is 0 Å². The van der Waals surface area contributed by atoms with E-state index in [4.69, 9.17) is 9.47 Å². The van der Waals surface area contributed by atoms with Gasteiger partial charge in [-0.3, -0.25) is 4.79 Å². The van der Waals surface area contributed by atoms with Crippen LogP contribution < -0.4 is 10.2 Å². The van der Waals surface area contributed by atoms with Gasteiger partial charge in [-0.1, -0.05) is 50.3 Å². The number of benzene rings is 1. The van der Waals surface area contributed by atoms with Gasteiger partial charge in [-0.25, -0.2) is 9.59 Å². The SMILES string of the molecule is COC(=O)C1=C(C(=O)OC)N(c2ccccc2C(=O)NC2CCCCCCC2)C=CC=C1. The van der Waals surface area contributed by atoms with Crippen LogP contribution in [-0.2, 0) is 19.1 Å².